The topological polar surface area (TPSA) is 51.6 Å². The Bertz CT molecular complexity index is 611. The van der Waals surface area contributed by atoms with Gasteiger partial charge in [0.25, 0.3) is 0 Å². The van der Waals surface area contributed by atoms with Gasteiger partial charge in [0.05, 0.1) is 13.2 Å². The molecule has 1 unspecified atom stereocenters. The highest BCUT2D eigenvalue weighted by molar-refractivity contribution is 5.31. The fourth-order valence-corrected chi connectivity index (χ4v) is 2.92. The predicted octanol–water partition coefficient (Wildman–Crippen LogP) is 1.45. The molecule has 124 valence electrons. The number of aryl methyl sites for hydroxylation is 1. The van der Waals surface area contributed by atoms with Crippen molar-refractivity contribution in [1.29, 1.82) is 0 Å². The maximum Gasteiger partial charge on any atom is 0.127 e. The molecular formula is C17H24N4O2. The molecule has 1 aromatic carbocycles. The first-order chi connectivity index (χ1) is 11.3. The third kappa shape index (κ3) is 3.83. The third-order valence-electron chi connectivity index (χ3n) is 4.22. The minimum Gasteiger partial charge on any atom is -0.497 e. The van der Waals surface area contributed by atoms with E-state index < -0.39 is 0 Å². The zero-order valence-corrected chi connectivity index (χ0v) is 13.7. The van der Waals surface area contributed by atoms with Crippen LogP contribution in [-0.2, 0) is 7.05 Å². The van der Waals surface area contributed by atoms with E-state index in [0.29, 0.717) is 12.6 Å². The first kappa shape index (κ1) is 15.8. The molecule has 1 aromatic heterocycles. The van der Waals surface area contributed by atoms with Crippen LogP contribution in [0.4, 0.5) is 0 Å². The molecule has 23 heavy (non-hydrogen) atoms. The monoisotopic (exact) mass is 316 g/mol. The Kier molecular flexibility index (Phi) is 5.15. The lowest BCUT2D eigenvalue weighted by Crippen LogP contribution is -2.48. The highest BCUT2D eigenvalue weighted by Gasteiger charge is 2.26. The molecule has 0 bridgehead atoms. The number of hydrogen-bond donors (Lipinski definition) is 1. The van der Waals surface area contributed by atoms with E-state index in [9.17, 15) is 0 Å². The SMILES string of the molecule is COc1ccc(OCCN2CCNCC2c2nccn2C)cc1. The van der Waals surface area contributed by atoms with Crippen molar-refractivity contribution in [3.8, 4) is 11.5 Å². The highest BCUT2D eigenvalue weighted by atomic mass is 16.5. The van der Waals surface area contributed by atoms with Gasteiger partial charge in [0, 0.05) is 45.6 Å². The quantitative estimate of drug-likeness (QED) is 0.874. The van der Waals surface area contributed by atoms with Gasteiger partial charge in [-0.3, -0.25) is 4.90 Å². The Labute approximate surface area is 137 Å². The van der Waals surface area contributed by atoms with Gasteiger partial charge in [-0.1, -0.05) is 0 Å². The molecule has 6 heteroatoms. The van der Waals surface area contributed by atoms with Crippen LogP contribution in [0.2, 0.25) is 0 Å². The fourth-order valence-electron chi connectivity index (χ4n) is 2.92. The largest absolute Gasteiger partial charge is 0.497 e. The van der Waals surface area contributed by atoms with E-state index in [1.165, 1.54) is 0 Å². The number of imidazole rings is 1. The van der Waals surface area contributed by atoms with Crippen molar-refractivity contribution >= 4 is 0 Å². The van der Waals surface area contributed by atoms with Gasteiger partial charge in [0.1, 0.15) is 23.9 Å². The molecule has 3 rings (SSSR count). The van der Waals surface area contributed by atoms with Gasteiger partial charge in [-0.15, -0.1) is 0 Å². The normalized spacial score (nSPS) is 18.8. The Balaban J connectivity index is 1.56. The van der Waals surface area contributed by atoms with E-state index in [1.54, 1.807) is 7.11 Å². The summed E-state index contributed by atoms with van der Waals surface area (Å²) in [7, 11) is 3.71. The average molecular weight is 316 g/mol. The van der Waals surface area contributed by atoms with Crippen LogP contribution in [0.5, 0.6) is 11.5 Å². The molecule has 2 heterocycles. The van der Waals surface area contributed by atoms with Crippen molar-refractivity contribution in [2.24, 2.45) is 7.05 Å². The first-order valence-corrected chi connectivity index (χ1v) is 7.97. The summed E-state index contributed by atoms with van der Waals surface area (Å²) < 4.78 is 13.1. The van der Waals surface area contributed by atoms with E-state index >= 15 is 0 Å². The molecule has 6 nitrogen and oxygen atoms in total. The number of rotatable bonds is 6. The molecular weight excluding hydrogens is 292 g/mol. The fraction of sp³-hybridized carbons (Fsp3) is 0.471. The zero-order valence-electron chi connectivity index (χ0n) is 13.7. The summed E-state index contributed by atoms with van der Waals surface area (Å²) in [4.78, 5) is 6.93. The van der Waals surface area contributed by atoms with Crippen molar-refractivity contribution < 1.29 is 9.47 Å². The molecule has 1 saturated heterocycles. The van der Waals surface area contributed by atoms with Gasteiger partial charge in [0.15, 0.2) is 0 Å². The predicted molar refractivity (Wildman–Crippen MR) is 88.9 cm³/mol. The number of nitrogens with zero attached hydrogens (tertiary/aromatic N) is 3. The van der Waals surface area contributed by atoms with Crippen LogP contribution in [0.15, 0.2) is 36.7 Å². The van der Waals surface area contributed by atoms with Crippen LogP contribution in [0.25, 0.3) is 0 Å². The number of nitrogens with one attached hydrogen (secondary N) is 1. The van der Waals surface area contributed by atoms with Gasteiger partial charge in [-0.2, -0.15) is 0 Å². The summed E-state index contributed by atoms with van der Waals surface area (Å²) in [6.07, 6.45) is 3.85. The second-order valence-corrected chi connectivity index (χ2v) is 5.68. The van der Waals surface area contributed by atoms with Gasteiger partial charge in [-0.05, 0) is 24.3 Å². The van der Waals surface area contributed by atoms with Gasteiger partial charge < -0.3 is 19.4 Å². The van der Waals surface area contributed by atoms with E-state index in [2.05, 4.69) is 19.8 Å². The van der Waals surface area contributed by atoms with Crippen molar-refractivity contribution in [3.63, 3.8) is 0 Å². The van der Waals surface area contributed by atoms with Crippen molar-refractivity contribution in [1.82, 2.24) is 19.8 Å². The standard InChI is InChI=1S/C17H24N4O2/c1-20-9-8-19-17(20)16-13-18-7-10-21(16)11-12-23-15-5-3-14(22-2)4-6-15/h3-6,8-9,16,18H,7,10-13H2,1-2H3. The second kappa shape index (κ2) is 7.48. The van der Waals surface area contributed by atoms with Gasteiger partial charge in [0.2, 0.25) is 0 Å². The molecule has 1 atom stereocenters. The van der Waals surface area contributed by atoms with E-state index in [4.69, 9.17) is 9.47 Å². The molecule has 0 spiro atoms. The van der Waals surface area contributed by atoms with Crippen LogP contribution in [-0.4, -0.2) is 54.3 Å². The molecule has 2 aromatic rings. The van der Waals surface area contributed by atoms with Crippen molar-refractivity contribution in [2.75, 3.05) is 39.9 Å². The van der Waals surface area contributed by atoms with Crippen LogP contribution >= 0.6 is 0 Å². The molecule has 0 saturated carbocycles. The molecule has 1 fully saturated rings. The molecule has 0 aliphatic carbocycles. The van der Waals surface area contributed by atoms with Gasteiger partial charge >= 0.3 is 0 Å². The maximum atomic E-state index is 5.86. The maximum absolute atomic E-state index is 5.86. The third-order valence-corrected chi connectivity index (χ3v) is 4.22. The molecule has 1 aliphatic heterocycles. The summed E-state index contributed by atoms with van der Waals surface area (Å²) in [5, 5.41) is 3.45. The number of aromatic nitrogens is 2. The lowest BCUT2D eigenvalue weighted by Gasteiger charge is -2.35. The highest BCUT2D eigenvalue weighted by Crippen LogP contribution is 2.21. The van der Waals surface area contributed by atoms with Crippen LogP contribution in [0.1, 0.15) is 11.9 Å². The zero-order chi connectivity index (χ0) is 16.1. The summed E-state index contributed by atoms with van der Waals surface area (Å²) >= 11 is 0. The molecule has 1 N–H and O–H groups in total. The summed E-state index contributed by atoms with van der Waals surface area (Å²) in [6.45, 7) is 4.47. The van der Waals surface area contributed by atoms with E-state index in [1.807, 2.05) is 43.7 Å². The minimum absolute atomic E-state index is 0.295. The Morgan fingerprint density at radius 1 is 1.26 bits per heavy atom. The Hall–Kier alpha value is -2.05. The number of methoxy groups -OCH3 is 1. The van der Waals surface area contributed by atoms with Gasteiger partial charge in [-0.25, -0.2) is 4.98 Å². The lowest BCUT2D eigenvalue weighted by molar-refractivity contribution is 0.127. The van der Waals surface area contributed by atoms with Crippen LogP contribution in [0.3, 0.4) is 0 Å². The smallest absolute Gasteiger partial charge is 0.127 e. The first-order valence-electron chi connectivity index (χ1n) is 7.97. The summed E-state index contributed by atoms with van der Waals surface area (Å²) in [5.74, 6) is 2.81. The van der Waals surface area contributed by atoms with E-state index in [0.717, 1.165) is 43.5 Å². The van der Waals surface area contributed by atoms with Crippen molar-refractivity contribution in [2.45, 2.75) is 6.04 Å². The van der Waals surface area contributed by atoms with Crippen molar-refractivity contribution in [3.05, 3.63) is 42.5 Å². The molecule has 0 amide bonds. The minimum atomic E-state index is 0.295. The van der Waals surface area contributed by atoms with Crippen LogP contribution < -0.4 is 14.8 Å². The molecule has 0 radical (unpaired) electrons. The number of piperazine rings is 1. The number of benzene rings is 1. The summed E-state index contributed by atoms with van der Waals surface area (Å²) in [6, 6.07) is 8.00. The number of ether oxygens (including phenoxy) is 2. The second-order valence-electron chi connectivity index (χ2n) is 5.68. The Morgan fingerprint density at radius 2 is 2.04 bits per heavy atom. The molecule has 1 aliphatic rings. The average Bonchev–Trinajstić information content (AvgIpc) is 3.02. The Morgan fingerprint density at radius 3 is 2.74 bits per heavy atom. The van der Waals surface area contributed by atoms with E-state index in [-0.39, 0.29) is 0 Å². The lowest BCUT2D eigenvalue weighted by atomic mass is 10.2. The van der Waals surface area contributed by atoms with Crippen LogP contribution in [0, 0.1) is 0 Å². The summed E-state index contributed by atoms with van der Waals surface area (Å²) in [5.41, 5.74) is 0. The number of hydrogen-bond acceptors (Lipinski definition) is 5.